The van der Waals surface area contributed by atoms with Crippen LogP contribution in [-0.4, -0.2) is 89.5 Å². The minimum absolute atomic E-state index is 0.821. The molecule has 2 aromatic rings. The molecule has 6 nitrogen and oxygen atoms in total. The molecule has 2 aromatic carbocycles. The van der Waals surface area contributed by atoms with Gasteiger partial charge in [-0.05, 0) is 50.7 Å². The molecule has 0 saturated carbocycles. The van der Waals surface area contributed by atoms with E-state index in [1.165, 1.54) is 50.0 Å². The highest BCUT2D eigenvalue weighted by Crippen LogP contribution is 2.30. The Hall–Kier alpha value is -2.44. The van der Waals surface area contributed by atoms with Crippen LogP contribution in [-0.2, 0) is 0 Å². The lowest BCUT2D eigenvalue weighted by molar-refractivity contribution is 0.251. The van der Waals surface area contributed by atoms with Gasteiger partial charge in [0.05, 0.1) is 25.1 Å². The number of nitrogens with zero attached hydrogens (tertiary/aromatic N) is 4. The van der Waals surface area contributed by atoms with E-state index in [2.05, 4.69) is 69.1 Å². The first kappa shape index (κ1) is 26.6. The third kappa shape index (κ3) is 7.78. The van der Waals surface area contributed by atoms with Gasteiger partial charge in [0.1, 0.15) is 11.5 Å². The Morgan fingerprint density at radius 2 is 1.14 bits per heavy atom. The third-order valence-corrected chi connectivity index (χ3v) is 7.63. The number of para-hydroxylation sites is 4. The molecular formula is C30H46N4O2. The zero-order chi connectivity index (χ0) is 25.0. The minimum Gasteiger partial charge on any atom is -0.495 e. The maximum absolute atomic E-state index is 6.21. The molecule has 0 atom stereocenters. The second-order valence-corrected chi connectivity index (χ2v) is 10.2. The van der Waals surface area contributed by atoms with E-state index in [1.54, 1.807) is 7.11 Å². The molecular weight excluding hydrogens is 448 g/mol. The number of methoxy groups -OCH3 is 1. The van der Waals surface area contributed by atoms with Gasteiger partial charge >= 0.3 is 0 Å². The predicted octanol–water partition coefficient (Wildman–Crippen LogP) is 4.99. The van der Waals surface area contributed by atoms with Crippen LogP contribution in [0.2, 0.25) is 0 Å². The molecule has 198 valence electrons. The molecule has 2 aliphatic heterocycles. The zero-order valence-electron chi connectivity index (χ0n) is 22.5. The molecule has 36 heavy (non-hydrogen) atoms. The Labute approximate surface area is 218 Å². The average molecular weight is 495 g/mol. The van der Waals surface area contributed by atoms with Crippen molar-refractivity contribution in [3.8, 4) is 11.5 Å². The van der Waals surface area contributed by atoms with E-state index >= 15 is 0 Å². The fraction of sp³-hybridized carbons (Fsp3) is 0.600. The predicted molar refractivity (Wildman–Crippen MR) is 151 cm³/mol. The van der Waals surface area contributed by atoms with Gasteiger partial charge in [0.2, 0.25) is 0 Å². The molecule has 0 amide bonds. The Morgan fingerprint density at radius 1 is 0.611 bits per heavy atom. The molecule has 0 aromatic heterocycles. The monoisotopic (exact) mass is 494 g/mol. The van der Waals surface area contributed by atoms with Gasteiger partial charge in [-0.25, -0.2) is 0 Å². The second kappa shape index (κ2) is 14.3. The fourth-order valence-corrected chi connectivity index (χ4v) is 5.32. The summed E-state index contributed by atoms with van der Waals surface area (Å²) < 4.78 is 11.7. The lowest BCUT2D eigenvalue weighted by atomic mass is 10.1. The molecule has 0 bridgehead atoms. The van der Waals surface area contributed by atoms with Gasteiger partial charge in [0.15, 0.2) is 0 Å². The Morgan fingerprint density at radius 3 is 1.81 bits per heavy atom. The Kier molecular flexibility index (Phi) is 10.6. The van der Waals surface area contributed by atoms with Crippen molar-refractivity contribution < 1.29 is 9.47 Å². The molecule has 2 aliphatic rings. The van der Waals surface area contributed by atoms with Gasteiger partial charge in [-0.1, -0.05) is 49.9 Å². The third-order valence-electron chi connectivity index (χ3n) is 7.63. The van der Waals surface area contributed by atoms with Crippen molar-refractivity contribution in [3.63, 3.8) is 0 Å². The summed E-state index contributed by atoms with van der Waals surface area (Å²) >= 11 is 0. The molecule has 6 heteroatoms. The SMILES string of the molecule is COc1ccccc1N1CCN(CCCCCCCCOc2ccccc2N2CCN(C)CC2)CC1. The summed E-state index contributed by atoms with van der Waals surface area (Å²) in [5.74, 6) is 2.03. The number of hydrogen-bond acceptors (Lipinski definition) is 6. The van der Waals surface area contributed by atoms with E-state index in [0.717, 1.165) is 76.9 Å². The standard InChI is InChI=1S/C30H46N4O2/c1-31-18-22-33(23-19-31)28-14-8-10-16-30(28)36-26-12-6-4-3-5-11-17-32-20-24-34(25-21-32)27-13-7-9-15-29(27)35-2/h7-10,13-16H,3-6,11-12,17-26H2,1-2H3. The van der Waals surface area contributed by atoms with Crippen LogP contribution < -0.4 is 19.3 Å². The van der Waals surface area contributed by atoms with Crippen LogP contribution in [0.3, 0.4) is 0 Å². The van der Waals surface area contributed by atoms with E-state index < -0.39 is 0 Å². The number of likely N-dealkylation sites (N-methyl/N-ethyl adjacent to an activating group) is 1. The summed E-state index contributed by atoms with van der Waals surface area (Å²) in [4.78, 5) is 9.94. The lowest BCUT2D eigenvalue weighted by Gasteiger charge is -2.36. The van der Waals surface area contributed by atoms with E-state index in [4.69, 9.17) is 9.47 Å². The smallest absolute Gasteiger partial charge is 0.142 e. The van der Waals surface area contributed by atoms with Gasteiger partial charge in [0, 0.05) is 52.4 Å². The van der Waals surface area contributed by atoms with Crippen LogP contribution in [0.4, 0.5) is 11.4 Å². The van der Waals surface area contributed by atoms with Gasteiger partial charge in [-0.3, -0.25) is 4.90 Å². The normalized spacial score (nSPS) is 17.4. The highest BCUT2D eigenvalue weighted by molar-refractivity contribution is 5.59. The van der Waals surface area contributed by atoms with Crippen molar-refractivity contribution >= 4 is 11.4 Å². The first-order valence-corrected chi connectivity index (χ1v) is 14.0. The van der Waals surface area contributed by atoms with E-state index in [-0.39, 0.29) is 0 Å². The maximum Gasteiger partial charge on any atom is 0.142 e. The Bertz CT molecular complexity index is 892. The van der Waals surface area contributed by atoms with Crippen molar-refractivity contribution in [1.29, 1.82) is 0 Å². The van der Waals surface area contributed by atoms with Crippen LogP contribution in [0.25, 0.3) is 0 Å². The topological polar surface area (TPSA) is 31.4 Å². The molecule has 0 aliphatic carbocycles. The molecule has 0 radical (unpaired) electrons. The fourth-order valence-electron chi connectivity index (χ4n) is 5.32. The lowest BCUT2D eigenvalue weighted by Crippen LogP contribution is -2.46. The van der Waals surface area contributed by atoms with Crippen molar-refractivity contribution in [2.45, 2.75) is 38.5 Å². The molecule has 0 unspecified atom stereocenters. The number of benzene rings is 2. The van der Waals surface area contributed by atoms with Crippen LogP contribution in [0.1, 0.15) is 38.5 Å². The van der Waals surface area contributed by atoms with Gasteiger partial charge in [0.25, 0.3) is 0 Å². The van der Waals surface area contributed by atoms with Crippen molar-refractivity contribution in [3.05, 3.63) is 48.5 Å². The van der Waals surface area contributed by atoms with Crippen LogP contribution in [0.5, 0.6) is 11.5 Å². The maximum atomic E-state index is 6.21. The molecule has 0 N–H and O–H groups in total. The van der Waals surface area contributed by atoms with Crippen molar-refractivity contribution in [2.75, 3.05) is 89.5 Å². The van der Waals surface area contributed by atoms with Crippen LogP contribution in [0, 0.1) is 0 Å². The summed E-state index contributed by atoms with van der Waals surface area (Å²) in [5, 5.41) is 0. The summed E-state index contributed by atoms with van der Waals surface area (Å²) in [6, 6.07) is 16.9. The number of piperazine rings is 2. The van der Waals surface area contributed by atoms with Crippen LogP contribution >= 0.6 is 0 Å². The van der Waals surface area contributed by atoms with Gasteiger partial charge in [-0.15, -0.1) is 0 Å². The highest BCUT2D eigenvalue weighted by Gasteiger charge is 2.19. The first-order chi connectivity index (χ1) is 17.7. The molecule has 4 rings (SSSR count). The number of ether oxygens (including phenoxy) is 2. The first-order valence-electron chi connectivity index (χ1n) is 14.0. The quantitative estimate of drug-likeness (QED) is 0.365. The molecule has 2 heterocycles. The molecule has 0 spiro atoms. The van der Waals surface area contributed by atoms with Gasteiger partial charge in [-0.2, -0.15) is 0 Å². The minimum atomic E-state index is 0.821. The zero-order valence-corrected chi connectivity index (χ0v) is 22.5. The van der Waals surface area contributed by atoms with Crippen LogP contribution in [0.15, 0.2) is 48.5 Å². The molecule has 2 saturated heterocycles. The summed E-state index contributed by atoms with van der Waals surface area (Å²) in [6.07, 6.45) is 7.68. The number of hydrogen-bond donors (Lipinski definition) is 0. The second-order valence-electron chi connectivity index (χ2n) is 10.2. The molecule has 2 fully saturated rings. The van der Waals surface area contributed by atoms with Gasteiger partial charge < -0.3 is 24.2 Å². The van der Waals surface area contributed by atoms with E-state index in [1.807, 2.05) is 6.07 Å². The van der Waals surface area contributed by atoms with Crippen molar-refractivity contribution in [1.82, 2.24) is 9.80 Å². The Balaban J connectivity index is 1.03. The van der Waals surface area contributed by atoms with E-state index in [9.17, 15) is 0 Å². The van der Waals surface area contributed by atoms with E-state index in [0.29, 0.717) is 0 Å². The highest BCUT2D eigenvalue weighted by atomic mass is 16.5. The number of unbranched alkanes of at least 4 members (excludes halogenated alkanes) is 5. The van der Waals surface area contributed by atoms with Crippen molar-refractivity contribution in [2.24, 2.45) is 0 Å². The number of anilines is 2. The summed E-state index contributed by atoms with van der Waals surface area (Å²) in [6.45, 7) is 10.9. The number of rotatable bonds is 13. The summed E-state index contributed by atoms with van der Waals surface area (Å²) in [5.41, 5.74) is 2.49. The average Bonchev–Trinajstić information content (AvgIpc) is 2.93. The largest absolute Gasteiger partial charge is 0.495 e. The summed E-state index contributed by atoms with van der Waals surface area (Å²) in [7, 11) is 3.96.